The summed E-state index contributed by atoms with van der Waals surface area (Å²) in [6.45, 7) is 12.1. The van der Waals surface area contributed by atoms with E-state index in [1.807, 2.05) is 70.2 Å². The highest BCUT2D eigenvalue weighted by Crippen LogP contribution is 2.37. The Kier molecular flexibility index (Phi) is 8.59. The van der Waals surface area contributed by atoms with Crippen LogP contribution in [-0.2, 0) is 20.0 Å². The summed E-state index contributed by atoms with van der Waals surface area (Å²) in [5.74, 6) is 0.236. The smallest absolute Gasteiger partial charge is 0.262 e. The molecule has 200 valence electrons. The van der Waals surface area contributed by atoms with Crippen molar-refractivity contribution in [2.45, 2.75) is 64.2 Å². The molecule has 7 nitrogen and oxygen atoms in total. The average Bonchev–Trinajstić information content (AvgIpc) is 2.79. The van der Waals surface area contributed by atoms with Gasteiger partial charge in [-0.2, -0.15) is 0 Å². The normalized spacial score (nSPS) is 12.3. The van der Waals surface area contributed by atoms with E-state index in [-0.39, 0.29) is 34.0 Å². The lowest BCUT2D eigenvalue weighted by Crippen LogP contribution is -2.19. The van der Waals surface area contributed by atoms with Crippen LogP contribution in [0.3, 0.4) is 0 Å². The molecule has 0 atom stereocenters. The zero-order valence-electron chi connectivity index (χ0n) is 22.5. The van der Waals surface area contributed by atoms with Gasteiger partial charge in [0.2, 0.25) is 10.0 Å². The molecule has 3 aromatic rings. The predicted molar refractivity (Wildman–Crippen MR) is 154 cm³/mol. The van der Waals surface area contributed by atoms with Gasteiger partial charge in [0.25, 0.3) is 10.0 Å². The molecule has 0 bridgehead atoms. The average molecular weight is 544 g/mol. The fraction of sp³-hybridized carbons (Fsp3) is 0.357. The van der Waals surface area contributed by atoms with Gasteiger partial charge < -0.3 is 5.32 Å². The quantitative estimate of drug-likeness (QED) is 0.256. The van der Waals surface area contributed by atoms with Crippen LogP contribution in [0.5, 0.6) is 0 Å². The highest BCUT2D eigenvalue weighted by molar-refractivity contribution is 7.93. The van der Waals surface area contributed by atoms with Gasteiger partial charge in [0.15, 0.2) is 0 Å². The third-order valence-electron chi connectivity index (χ3n) is 5.97. The Labute approximate surface area is 221 Å². The van der Waals surface area contributed by atoms with E-state index in [4.69, 9.17) is 0 Å². The summed E-state index contributed by atoms with van der Waals surface area (Å²) in [7, 11) is -7.61. The van der Waals surface area contributed by atoms with Crippen LogP contribution in [0.1, 0.15) is 76.0 Å². The number of rotatable bonds is 10. The first-order valence-electron chi connectivity index (χ1n) is 12.3. The van der Waals surface area contributed by atoms with E-state index in [1.165, 1.54) is 6.07 Å². The second-order valence-electron chi connectivity index (χ2n) is 10.2. The van der Waals surface area contributed by atoms with Crippen molar-refractivity contribution in [3.63, 3.8) is 0 Å². The molecule has 0 aliphatic carbocycles. The molecule has 0 radical (unpaired) electrons. The molecule has 0 saturated carbocycles. The largest absolute Gasteiger partial charge is 0.354 e. The van der Waals surface area contributed by atoms with Gasteiger partial charge in [-0.3, -0.25) is 9.44 Å². The molecular weight excluding hydrogens is 506 g/mol. The minimum Gasteiger partial charge on any atom is -0.354 e. The first-order chi connectivity index (χ1) is 17.2. The Morgan fingerprint density at radius 1 is 0.622 bits per heavy atom. The van der Waals surface area contributed by atoms with Gasteiger partial charge >= 0.3 is 0 Å². The Balaban J connectivity index is 2.10. The second-order valence-corrected chi connectivity index (χ2v) is 13.6. The van der Waals surface area contributed by atoms with Crippen molar-refractivity contribution in [2.24, 2.45) is 0 Å². The minimum absolute atomic E-state index is 0.0114. The number of benzene rings is 3. The SMILES string of the molecule is CC(C)c1cc(C(C)C)c(S(=O)(=O)Nc2ccc(Nc3ccccc3)c(NS(C)(=O)=O)c2)c(C(C)C)c1. The molecule has 0 unspecified atom stereocenters. The van der Waals surface area contributed by atoms with Crippen LogP contribution >= 0.6 is 0 Å². The number of sulfonamides is 2. The van der Waals surface area contributed by atoms with E-state index in [2.05, 4.69) is 28.6 Å². The second kappa shape index (κ2) is 11.1. The summed E-state index contributed by atoms with van der Waals surface area (Å²) < 4.78 is 57.0. The summed E-state index contributed by atoms with van der Waals surface area (Å²) in [4.78, 5) is 0.283. The molecule has 3 aromatic carbocycles. The summed E-state index contributed by atoms with van der Waals surface area (Å²) in [6.07, 6.45) is 1.05. The molecule has 37 heavy (non-hydrogen) atoms. The fourth-order valence-corrected chi connectivity index (χ4v) is 6.40. The zero-order chi connectivity index (χ0) is 27.5. The highest BCUT2D eigenvalue weighted by Gasteiger charge is 2.27. The van der Waals surface area contributed by atoms with Crippen molar-refractivity contribution >= 4 is 42.8 Å². The molecule has 0 amide bonds. The van der Waals surface area contributed by atoms with Gasteiger partial charge in [0.1, 0.15) is 0 Å². The monoisotopic (exact) mass is 543 g/mol. The minimum atomic E-state index is -3.99. The van der Waals surface area contributed by atoms with Gasteiger partial charge in [0.05, 0.1) is 28.2 Å². The Morgan fingerprint density at radius 2 is 1.19 bits per heavy atom. The van der Waals surface area contributed by atoms with E-state index in [9.17, 15) is 16.8 Å². The van der Waals surface area contributed by atoms with E-state index >= 15 is 0 Å². The van der Waals surface area contributed by atoms with Gasteiger partial charge in [-0.05, 0) is 64.8 Å². The summed E-state index contributed by atoms with van der Waals surface area (Å²) in [5.41, 5.74) is 4.37. The fourth-order valence-electron chi connectivity index (χ4n) is 4.08. The maximum Gasteiger partial charge on any atom is 0.262 e. The van der Waals surface area contributed by atoms with Crippen molar-refractivity contribution in [3.05, 3.63) is 77.4 Å². The lowest BCUT2D eigenvalue weighted by Gasteiger charge is -2.23. The van der Waals surface area contributed by atoms with Crippen LogP contribution in [0, 0.1) is 0 Å². The summed E-state index contributed by atoms with van der Waals surface area (Å²) in [6, 6.07) is 18.0. The predicted octanol–water partition coefficient (Wildman–Crippen LogP) is 6.97. The lowest BCUT2D eigenvalue weighted by atomic mass is 9.89. The third kappa shape index (κ3) is 7.26. The summed E-state index contributed by atoms with van der Waals surface area (Å²) >= 11 is 0. The molecule has 0 fully saturated rings. The molecule has 0 saturated heterocycles. The Hall–Kier alpha value is -3.04. The highest BCUT2D eigenvalue weighted by atomic mass is 32.2. The number of hydrogen-bond donors (Lipinski definition) is 3. The number of nitrogens with one attached hydrogen (secondary N) is 3. The standard InChI is InChI=1S/C28H37N3O4S2/c1-18(2)21-15-24(19(3)4)28(25(16-21)20(5)6)37(34,35)30-23-13-14-26(27(17-23)31-36(7,32)33)29-22-11-9-8-10-12-22/h8-20,29-31H,1-7H3. The first kappa shape index (κ1) is 28.5. The van der Waals surface area contributed by atoms with E-state index in [0.29, 0.717) is 5.69 Å². The molecule has 0 aromatic heterocycles. The van der Waals surface area contributed by atoms with E-state index in [1.54, 1.807) is 12.1 Å². The number of para-hydroxylation sites is 1. The molecule has 0 aliphatic heterocycles. The molecule has 0 heterocycles. The molecular formula is C28H37N3O4S2. The Morgan fingerprint density at radius 3 is 1.68 bits per heavy atom. The van der Waals surface area contributed by atoms with Crippen molar-refractivity contribution in [1.82, 2.24) is 0 Å². The zero-order valence-corrected chi connectivity index (χ0v) is 24.1. The van der Waals surface area contributed by atoms with Crippen LogP contribution < -0.4 is 14.8 Å². The number of anilines is 4. The first-order valence-corrected chi connectivity index (χ1v) is 15.7. The van der Waals surface area contributed by atoms with Crippen molar-refractivity contribution < 1.29 is 16.8 Å². The third-order valence-corrected chi connectivity index (χ3v) is 8.07. The maximum atomic E-state index is 13.8. The van der Waals surface area contributed by atoms with Crippen LogP contribution in [0.2, 0.25) is 0 Å². The van der Waals surface area contributed by atoms with Gasteiger partial charge in [-0.1, -0.05) is 71.9 Å². The Bertz CT molecular complexity index is 1440. The van der Waals surface area contributed by atoms with Crippen molar-refractivity contribution in [1.29, 1.82) is 0 Å². The number of hydrogen-bond acceptors (Lipinski definition) is 5. The van der Waals surface area contributed by atoms with E-state index < -0.39 is 20.0 Å². The van der Waals surface area contributed by atoms with Crippen LogP contribution in [0.25, 0.3) is 0 Å². The topological polar surface area (TPSA) is 104 Å². The van der Waals surface area contributed by atoms with Gasteiger partial charge in [0, 0.05) is 5.69 Å². The molecule has 0 spiro atoms. The van der Waals surface area contributed by atoms with Gasteiger partial charge in [-0.25, -0.2) is 16.8 Å². The molecule has 3 rings (SSSR count). The molecule has 0 aliphatic rings. The summed E-state index contributed by atoms with van der Waals surface area (Å²) in [5, 5.41) is 3.18. The maximum absolute atomic E-state index is 13.8. The lowest BCUT2D eigenvalue weighted by molar-refractivity contribution is 0.595. The van der Waals surface area contributed by atoms with Crippen LogP contribution in [0.15, 0.2) is 65.6 Å². The molecule has 3 N–H and O–H groups in total. The van der Waals surface area contributed by atoms with Gasteiger partial charge in [-0.15, -0.1) is 0 Å². The van der Waals surface area contributed by atoms with E-state index in [0.717, 1.165) is 28.6 Å². The van der Waals surface area contributed by atoms with Crippen molar-refractivity contribution in [2.75, 3.05) is 21.0 Å². The van der Waals surface area contributed by atoms with Crippen LogP contribution in [0.4, 0.5) is 22.7 Å². The van der Waals surface area contributed by atoms with Crippen LogP contribution in [-0.4, -0.2) is 23.1 Å². The molecule has 9 heteroatoms. The van der Waals surface area contributed by atoms with Crippen molar-refractivity contribution in [3.8, 4) is 0 Å².